The van der Waals surface area contributed by atoms with Gasteiger partial charge in [0.15, 0.2) is 11.5 Å². The van der Waals surface area contributed by atoms with Crippen LogP contribution in [0, 0.1) is 0 Å². The fourth-order valence-electron chi connectivity index (χ4n) is 3.61. The van der Waals surface area contributed by atoms with Crippen LogP contribution in [0.2, 0.25) is 0 Å². The van der Waals surface area contributed by atoms with Crippen LogP contribution in [0.5, 0.6) is 11.5 Å². The van der Waals surface area contributed by atoms with Crippen LogP contribution >= 0.6 is 22.7 Å². The minimum absolute atomic E-state index is 0.127. The van der Waals surface area contributed by atoms with Crippen LogP contribution in [0.3, 0.4) is 0 Å². The first-order valence-corrected chi connectivity index (χ1v) is 12.3. The number of para-hydroxylation sites is 2. The molecular weight excluding hydrogens is 466 g/mol. The van der Waals surface area contributed by atoms with Crippen molar-refractivity contribution in [2.75, 3.05) is 19.5 Å². The van der Waals surface area contributed by atoms with E-state index < -0.39 is 0 Å². The molecule has 1 amide bonds. The third-order valence-corrected chi connectivity index (χ3v) is 7.26. The molecule has 0 saturated carbocycles. The van der Waals surface area contributed by atoms with E-state index in [9.17, 15) is 4.79 Å². The summed E-state index contributed by atoms with van der Waals surface area (Å²) in [6.45, 7) is 0. The molecule has 0 unspecified atom stereocenters. The maximum Gasteiger partial charge on any atom is 0.230 e. The van der Waals surface area contributed by atoms with Gasteiger partial charge in [0.2, 0.25) is 5.91 Å². The average Bonchev–Trinajstić information content (AvgIpc) is 3.51. The smallest absolute Gasteiger partial charge is 0.230 e. The second kappa shape index (κ2) is 9.62. The molecule has 0 aliphatic rings. The van der Waals surface area contributed by atoms with Crippen LogP contribution in [-0.2, 0) is 11.2 Å². The van der Waals surface area contributed by atoms with Gasteiger partial charge in [-0.15, -0.1) is 22.7 Å². The third kappa shape index (κ3) is 4.50. The zero-order valence-corrected chi connectivity index (χ0v) is 20.2. The number of rotatable bonds is 7. The number of hydrogen-bond acceptors (Lipinski definition) is 7. The number of aromatic nitrogens is 2. The number of carbonyl (C=O) groups excluding carboxylic acids is 1. The number of hydrogen-bond donors (Lipinski definition) is 1. The quantitative estimate of drug-likeness (QED) is 0.292. The minimum Gasteiger partial charge on any atom is -0.493 e. The van der Waals surface area contributed by atoms with Crippen LogP contribution in [0.1, 0.15) is 5.69 Å². The van der Waals surface area contributed by atoms with Crippen LogP contribution < -0.4 is 14.8 Å². The molecule has 3 aromatic carbocycles. The minimum atomic E-state index is -0.127. The molecule has 0 atom stereocenters. The first kappa shape index (κ1) is 22.1. The molecule has 0 saturated heterocycles. The summed E-state index contributed by atoms with van der Waals surface area (Å²) < 4.78 is 11.8. The van der Waals surface area contributed by atoms with E-state index in [0.717, 1.165) is 37.0 Å². The Morgan fingerprint density at radius 1 is 0.912 bits per heavy atom. The zero-order valence-electron chi connectivity index (χ0n) is 18.6. The number of thiazole rings is 2. The molecule has 5 aromatic rings. The summed E-state index contributed by atoms with van der Waals surface area (Å²) in [6.07, 6.45) is 0.179. The van der Waals surface area contributed by atoms with Gasteiger partial charge < -0.3 is 14.8 Å². The maximum atomic E-state index is 12.9. The fourth-order valence-corrected chi connectivity index (χ4v) is 5.44. The van der Waals surface area contributed by atoms with Crippen molar-refractivity contribution in [2.24, 2.45) is 0 Å². The number of ether oxygens (including phenoxy) is 2. The van der Waals surface area contributed by atoms with Crippen molar-refractivity contribution >= 4 is 44.5 Å². The average molecular weight is 488 g/mol. The second-order valence-corrected chi connectivity index (χ2v) is 9.36. The molecule has 1 N–H and O–H groups in total. The summed E-state index contributed by atoms with van der Waals surface area (Å²) in [6, 6.07) is 21.4. The normalized spacial score (nSPS) is 10.9. The van der Waals surface area contributed by atoms with Gasteiger partial charge in [0.05, 0.1) is 42.2 Å². The van der Waals surface area contributed by atoms with Gasteiger partial charge in [0.1, 0.15) is 10.0 Å². The Labute approximate surface area is 204 Å². The lowest BCUT2D eigenvalue weighted by molar-refractivity contribution is -0.115. The van der Waals surface area contributed by atoms with E-state index in [-0.39, 0.29) is 12.3 Å². The molecule has 0 aliphatic carbocycles. The molecule has 2 heterocycles. The number of methoxy groups -OCH3 is 2. The third-order valence-electron chi connectivity index (χ3n) is 5.25. The lowest BCUT2D eigenvalue weighted by Crippen LogP contribution is -2.15. The van der Waals surface area contributed by atoms with Crippen LogP contribution in [0.4, 0.5) is 5.69 Å². The molecule has 170 valence electrons. The first-order valence-electron chi connectivity index (χ1n) is 10.6. The topological polar surface area (TPSA) is 73.3 Å². The SMILES string of the molecule is COc1ccc(-c2nc(CC(=O)Nc3ccccc3-c3nc4ccccc4s3)cs2)cc1OC. The number of nitrogens with zero attached hydrogens (tertiary/aromatic N) is 2. The summed E-state index contributed by atoms with van der Waals surface area (Å²) in [5.74, 6) is 1.17. The van der Waals surface area contributed by atoms with E-state index in [1.807, 2.05) is 66.0 Å². The largest absolute Gasteiger partial charge is 0.493 e. The van der Waals surface area contributed by atoms with Gasteiger partial charge in [0, 0.05) is 16.5 Å². The lowest BCUT2D eigenvalue weighted by atomic mass is 10.1. The first-order chi connectivity index (χ1) is 16.6. The predicted octanol–water partition coefficient (Wildman–Crippen LogP) is 6.29. The molecule has 0 aliphatic heterocycles. The van der Waals surface area contributed by atoms with Gasteiger partial charge in [-0.05, 0) is 42.5 Å². The molecule has 8 heteroatoms. The van der Waals surface area contributed by atoms with Crippen LogP contribution in [0.25, 0.3) is 31.4 Å². The summed E-state index contributed by atoms with van der Waals surface area (Å²) >= 11 is 3.10. The van der Waals surface area contributed by atoms with Gasteiger partial charge in [-0.3, -0.25) is 4.79 Å². The highest BCUT2D eigenvalue weighted by molar-refractivity contribution is 7.21. The van der Waals surface area contributed by atoms with E-state index in [1.54, 1.807) is 25.6 Å². The standard InChI is InChI=1S/C26H21N3O3S2/c1-31-21-12-11-16(13-22(21)32-2)25-27-17(15-33-25)14-24(30)28-19-8-4-3-7-18(19)26-29-20-9-5-6-10-23(20)34-26/h3-13,15H,14H2,1-2H3,(H,28,30). The van der Waals surface area contributed by atoms with Gasteiger partial charge in [-0.1, -0.05) is 24.3 Å². The molecular formula is C26H21N3O3S2. The van der Waals surface area contributed by atoms with E-state index in [4.69, 9.17) is 14.5 Å². The molecule has 0 fully saturated rings. The highest BCUT2D eigenvalue weighted by atomic mass is 32.1. The van der Waals surface area contributed by atoms with Crippen molar-refractivity contribution in [2.45, 2.75) is 6.42 Å². The van der Waals surface area contributed by atoms with Crippen molar-refractivity contribution in [1.82, 2.24) is 9.97 Å². The van der Waals surface area contributed by atoms with Crippen LogP contribution in [-0.4, -0.2) is 30.1 Å². The number of nitrogens with one attached hydrogen (secondary N) is 1. The molecule has 0 radical (unpaired) electrons. The summed E-state index contributed by atoms with van der Waals surface area (Å²) in [5, 5.41) is 6.64. The molecule has 5 rings (SSSR count). The number of benzene rings is 3. The second-order valence-electron chi connectivity index (χ2n) is 7.47. The zero-order chi connectivity index (χ0) is 23.5. The summed E-state index contributed by atoms with van der Waals surface area (Å²) in [7, 11) is 3.21. The Hall–Kier alpha value is -3.75. The molecule has 0 bridgehead atoms. The van der Waals surface area contributed by atoms with E-state index in [1.165, 1.54) is 11.3 Å². The Balaban J connectivity index is 1.33. The van der Waals surface area contributed by atoms with Gasteiger partial charge in [-0.2, -0.15) is 0 Å². The summed E-state index contributed by atoms with van der Waals surface area (Å²) in [4.78, 5) is 22.3. The van der Waals surface area contributed by atoms with Crippen molar-refractivity contribution in [3.8, 4) is 32.6 Å². The molecule has 34 heavy (non-hydrogen) atoms. The number of fused-ring (bicyclic) bond motifs is 1. The van der Waals surface area contributed by atoms with E-state index in [0.29, 0.717) is 17.2 Å². The van der Waals surface area contributed by atoms with Gasteiger partial charge >= 0.3 is 0 Å². The highest BCUT2D eigenvalue weighted by Crippen LogP contribution is 2.35. The van der Waals surface area contributed by atoms with Crippen LogP contribution in [0.15, 0.2) is 72.1 Å². The number of carbonyl (C=O) groups is 1. The molecule has 6 nitrogen and oxygen atoms in total. The fraction of sp³-hybridized carbons (Fsp3) is 0.115. The number of anilines is 1. The Kier molecular flexibility index (Phi) is 6.24. The van der Waals surface area contributed by atoms with Crippen molar-refractivity contribution in [3.05, 3.63) is 77.8 Å². The van der Waals surface area contributed by atoms with Crippen molar-refractivity contribution in [1.29, 1.82) is 0 Å². The monoisotopic (exact) mass is 487 g/mol. The summed E-state index contributed by atoms with van der Waals surface area (Å²) in [5.41, 5.74) is 4.22. The predicted molar refractivity (Wildman–Crippen MR) is 138 cm³/mol. The van der Waals surface area contributed by atoms with Gasteiger partial charge in [-0.25, -0.2) is 9.97 Å². The highest BCUT2D eigenvalue weighted by Gasteiger charge is 2.15. The lowest BCUT2D eigenvalue weighted by Gasteiger charge is -2.09. The van der Waals surface area contributed by atoms with E-state index in [2.05, 4.69) is 16.4 Å². The van der Waals surface area contributed by atoms with Gasteiger partial charge in [0.25, 0.3) is 0 Å². The number of amides is 1. The van der Waals surface area contributed by atoms with E-state index >= 15 is 0 Å². The van der Waals surface area contributed by atoms with Crippen molar-refractivity contribution in [3.63, 3.8) is 0 Å². The Morgan fingerprint density at radius 2 is 1.71 bits per heavy atom. The molecule has 0 spiro atoms. The Bertz CT molecular complexity index is 1440. The molecule has 2 aromatic heterocycles. The Morgan fingerprint density at radius 3 is 2.53 bits per heavy atom. The van der Waals surface area contributed by atoms with Crippen molar-refractivity contribution < 1.29 is 14.3 Å². The maximum absolute atomic E-state index is 12.9.